The number of amides is 1. The summed E-state index contributed by atoms with van der Waals surface area (Å²) in [5.74, 6) is 0.119. The molecule has 0 spiro atoms. The van der Waals surface area contributed by atoms with Crippen LogP contribution < -0.4 is 10.0 Å². The fraction of sp³-hybridized carbons (Fsp3) is 0.276. The number of benzene rings is 2. The maximum atomic E-state index is 13.1. The van der Waals surface area contributed by atoms with E-state index in [-0.39, 0.29) is 16.8 Å². The maximum Gasteiger partial charge on any atom is 0.261 e. The Kier molecular flexibility index (Phi) is 7.37. The summed E-state index contributed by atoms with van der Waals surface area (Å²) in [7, 11) is -3.69. The van der Waals surface area contributed by atoms with Crippen molar-refractivity contribution >= 4 is 48.7 Å². The number of thiophene rings is 1. The van der Waals surface area contributed by atoms with Gasteiger partial charge in [-0.25, -0.2) is 18.4 Å². The number of hydrogen-bond acceptors (Lipinski definition) is 8. The Morgan fingerprint density at radius 3 is 2.58 bits per heavy atom. The molecule has 4 heterocycles. The van der Waals surface area contributed by atoms with Crippen molar-refractivity contribution in [3.63, 3.8) is 0 Å². The summed E-state index contributed by atoms with van der Waals surface area (Å²) in [4.78, 5) is 25.3. The number of aryl methyl sites for hydroxylation is 1. The molecule has 0 saturated carbocycles. The lowest BCUT2D eigenvalue weighted by Crippen LogP contribution is -2.51. The van der Waals surface area contributed by atoms with Gasteiger partial charge in [0.2, 0.25) is 5.91 Å². The lowest BCUT2D eigenvalue weighted by atomic mass is 9.99. The van der Waals surface area contributed by atoms with Crippen molar-refractivity contribution < 1.29 is 17.9 Å². The summed E-state index contributed by atoms with van der Waals surface area (Å²) >= 11 is 1.61. The minimum Gasteiger partial charge on any atom is -0.378 e. The predicted molar refractivity (Wildman–Crippen MR) is 157 cm³/mol. The second-order valence-electron chi connectivity index (χ2n) is 9.88. The molecule has 0 aliphatic carbocycles. The van der Waals surface area contributed by atoms with Gasteiger partial charge in [-0.1, -0.05) is 35.9 Å². The van der Waals surface area contributed by atoms with Gasteiger partial charge in [0.25, 0.3) is 10.0 Å². The summed E-state index contributed by atoms with van der Waals surface area (Å²) < 4.78 is 34.5. The van der Waals surface area contributed by atoms with Crippen molar-refractivity contribution in [1.29, 1.82) is 0 Å². The van der Waals surface area contributed by atoms with Gasteiger partial charge in [0.15, 0.2) is 0 Å². The summed E-state index contributed by atoms with van der Waals surface area (Å²) in [6, 6.07) is 15.7. The van der Waals surface area contributed by atoms with Crippen LogP contribution in [0.1, 0.15) is 16.9 Å². The Morgan fingerprint density at radius 1 is 1.07 bits per heavy atom. The van der Waals surface area contributed by atoms with E-state index in [4.69, 9.17) is 4.74 Å². The molecule has 206 valence electrons. The second kappa shape index (κ2) is 11.1. The number of morpholine rings is 1. The molecule has 0 radical (unpaired) electrons. The van der Waals surface area contributed by atoms with Gasteiger partial charge in [0.05, 0.1) is 40.1 Å². The third kappa shape index (κ3) is 5.50. The van der Waals surface area contributed by atoms with Crippen LogP contribution in [-0.4, -0.2) is 68.1 Å². The topological polar surface area (TPSA) is 114 Å². The molecule has 40 heavy (non-hydrogen) atoms. The van der Waals surface area contributed by atoms with Crippen LogP contribution in [0.3, 0.4) is 0 Å². The molecular weight excluding hydrogens is 546 g/mol. The molecular formula is C29H29N5O4S2. The van der Waals surface area contributed by atoms with E-state index in [0.717, 1.165) is 37.5 Å². The minimum atomic E-state index is -3.69. The van der Waals surface area contributed by atoms with Crippen LogP contribution in [0.2, 0.25) is 0 Å². The van der Waals surface area contributed by atoms with Gasteiger partial charge >= 0.3 is 0 Å². The van der Waals surface area contributed by atoms with E-state index in [1.54, 1.807) is 54.1 Å². The fourth-order valence-corrected chi connectivity index (χ4v) is 7.16. The van der Waals surface area contributed by atoms with E-state index in [1.807, 2.05) is 24.0 Å². The van der Waals surface area contributed by atoms with Crippen LogP contribution in [0.5, 0.6) is 0 Å². The van der Waals surface area contributed by atoms with Gasteiger partial charge < -0.3 is 15.0 Å². The number of rotatable bonds is 6. The van der Waals surface area contributed by atoms with E-state index in [9.17, 15) is 13.2 Å². The second-order valence-corrected chi connectivity index (χ2v) is 12.6. The van der Waals surface area contributed by atoms with Gasteiger partial charge in [-0.2, -0.15) is 0 Å². The summed E-state index contributed by atoms with van der Waals surface area (Å²) in [6.07, 6.45) is 4.29. The van der Waals surface area contributed by atoms with E-state index in [0.29, 0.717) is 45.0 Å². The van der Waals surface area contributed by atoms with Gasteiger partial charge in [0.1, 0.15) is 6.33 Å². The first-order chi connectivity index (χ1) is 19.4. The first-order valence-electron chi connectivity index (χ1n) is 13.1. The normalized spacial score (nSPS) is 18.0. The molecule has 1 unspecified atom stereocenters. The zero-order chi connectivity index (χ0) is 27.7. The summed E-state index contributed by atoms with van der Waals surface area (Å²) in [6.45, 7) is 4.96. The SMILES string of the molecule is Cc1ccc(S(=O)(=O)Nc2ccc(-c3ncnc4cc(C5=CCNC(C(=O)N6CCOCC6)C5)sc34)cc2)cc1. The molecule has 2 aliphatic rings. The van der Waals surface area contributed by atoms with Crippen molar-refractivity contribution in [1.82, 2.24) is 20.2 Å². The van der Waals surface area contributed by atoms with Crippen LogP contribution in [0.4, 0.5) is 5.69 Å². The predicted octanol–water partition coefficient (Wildman–Crippen LogP) is 4.07. The number of aromatic nitrogens is 2. The number of carbonyl (C=O) groups is 1. The minimum absolute atomic E-state index is 0.119. The Balaban J connectivity index is 1.21. The lowest BCUT2D eigenvalue weighted by molar-refractivity contribution is -0.137. The van der Waals surface area contributed by atoms with E-state index in [1.165, 1.54) is 0 Å². The number of hydrogen-bond donors (Lipinski definition) is 2. The van der Waals surface area contributed by atoms with Crippen molar-refractivity contribution in [2.45, 2.75) is 24.3 Å². The highest BCUT2D eigenvalue weighted by atomic mass is 32.2. The zero-order valence-corrected chi connectivity index (χ0v) is 23.6. The van der Waals surface area contributed by atoms with E-state index in [2.05, 4.69) is 32.1 Å². The standard InChI is InChI=1S/C29H29N5O4S2/c1-19-2-8-23(9-3-19)40(36,37)33-22-6-4-20(5-7-22)27-28-24(31-18-32-27)17-26(39-28)21-10-11-30-25(16-21)29(35)34-12-14-38-15-13-34/h2-10,17-18,25,30,33H,11-16H2,1H3. The van der Waals surface area contributed by atoms with Crippen LogP contribution in [0.15, 0.2) is 71.9 Å². The molecule has 1 amide bonds. The van der Waals surface area contributed by atoms with Gasteiger partial charge in [-0.3, -0.25) is 9.52 Å². The van der Waals surface area contributed by atoms with Crippen LogP contribution >= 0.6 is 11.3 Å². The van der Waals surface area contributed by atoms with E-state index >= 15 is 0 Å². The average Bonchev–Trinajstić information content (AvgIpc) is 3.43. The van der Waals surface area contributed by atoms with Crippen LogP contribution in [-0.2, 0) is 19.6 Å². The Hall–Kier alpha value is -3.64. The monoisotopic (exact) mass is 575 g/mol. The van der Waals surface area contributed by atoms with Crippen molar-refractivity contribution in [3.8, 4) is 11.3 Å². The number of sulfonamides is 1. The quantitative estimate of drug-likeness (QED) is 0.356. The number of nitrogens with zero attached hydrogens (tertiary/aromatic N) is 3. The Morgan fingerprint density at radius 2 is 1.82 bits per heavy atom. The van der Waals surface area contributed by atoms with Crippen LogP contribution in [0.25, 0.3) is 27.0 Å². The Labute approximate surface area is 237 Å². The van der Waals surface area contributed by atoms with Gasteiger partial charge in [0, 0.05) is 35.8 Å². The molecule has 1 saturated heterocycles. The molecule has 6 rings (SSSR count). The van der Waals surface area contributed by atoms with Crippen LogP contribution in [0, 0.1) is 6.92 Å². The molecule has 2 aromatic carbocycles. The first kappa shape index (κ1) is 26.6. The lowest BCUT2D eigenvalue weighted by Gasteiger charge is -2.32. The smallest absolute Gasteiger partial charge is 0.261 e. The number of fused-ring (bicyclic) bond motifs is 1. The zero-order valence-electron chi connectivity index (χ0n) is 22.0. The molecule has 1 atom stereocenters. The largest absolute Gasteiger partial charge is 0.378 e. The fourth-order valence-electron chi connectivity index (χ4n) is 4.93. The highest BCUT2D eigenvalue weighted by Crippen LogP contribution is 2.37. The first-order valence-corrected chi connectivity index (χ1v) is 15.4. The average molecular weight is 576 g/mol. The summed E-state index contributed by atoms with van der Waals surface area (Å²) in [5.41, 5.74) is 5.07. The molecule has 9 nitrogen and oxygen atoms in total. The third-order valence-corrected chi connectivity index (χ3v) is 9.73. The number of carbonyl (C=O) groups excluding carboxylic acids is 1. The molecule has 2 aliphatic heterocycles. The van der Waals surface area contributed by atoms with E-state index < -0.39 is 10.0 Å². The molecule has 0 bridgehead atoms. The highest BCUT2D eigenvalue weighted by molar-refractivity contribution is 7.92. The van der Waals surface area contributed by atoms with Crippen molar-refractivity contribution in [2.75, 3.05) is 37.6 Å². The third-order valence-electron chi connectivity index (χ3n) is 7.13. The molecule has 2 aromatic heterocycles. The number of nitrogens with one attached hydrogen (secondary N) is 2. The molecule has 2 N–H and O–H groups in total. The molecule has 4 aromatic rings. The van der Waals surface area contributed by atoms with Gasteiger partial charge in [-0.05, 0) is 49.2 Å². The summed E-state index contributed by atoms with van der Waals surface area (Å²) in [5, 5.41) is 3.34. The molecule has 11 heteroatoms. The number of anilines is 1. The molecule has 1 fully saturated rings. The highest BCUT2D eigenvalue weighted by Gasteiger charge is 2.29. The van der Waals surface area contributed by atoms with Crippen molar-refractivity contribution in [3.05, 3.63) is 77.4 Å². The van der Waals surface area contributed by atoms with Crippen molar-refractivity contribution in [2.24, 2.45) is 0 Å². The Bertz CT molecular complexity index is 1680. The maximum absolute atomic E-state index is 13.1. The number of ether oxygens (including phenoxy) is 1. The van der Waals surface area contributed by atoms with Gasteiger partial charge in [-0.15, -0.1) is 11.3 Å².